The maximum atomic E-state index is 10.3. The smallest absolute Gasteiger partial charge is 0.200 e. The van der Waals surface area contributed by atoms with E-state index in [1.807, 2.05) is 0 Å². The van der Waals surface area contributed by atoms with Gasteiger partial charge in [-0.25, -0.2) is 0 Å². The first kappa shape index (κ1) is 15.1. The molecular weight excluding hydrogens is 304 g/mol. The highest BCUT2D eigenvalue weighted by Gasteiger charge is 2.33. The normalized spacial score (nSPS) is 19.7. The van der Waals surface area contributed by atoms with Crippen LogP contribution in [0.4, 0.5) is 0 Å². The van der Waals surface area contributed by atoms with E-state index in [0.29, 0.717) is 11.1 Å². The number of phenols is 4. The van der Waals surface area contributed by atoms with Crippen LogP contribution in [0, 0.1) is 0 Å². The molecule has 2 aromatic carbocycles. The second-order valence-electron chi connectivity index (χ2n) is 5.34. The van der Waals surface area contributed by atoms with Gasteiger partial charge in [-0.2, -0.15) is 0 Å². The molecule has 0 spiro atoms. The second kappa shape index (κ2) is 5.44. The van der Waals surface area contributed by atoms with Gasteiger partial charge in [0.25, 0.3) is 0 Å². The highest BCUT2D eigenvalue weighted by Crippen LogP contribution is 2.44. The first-order valence-electron chi connectivity index (χ1n) is 6.90. The van der Waals surface area contributed by atoms with Crippen LogP contribution < -0.4 is 9.47 Å². The van der Waals surface area contributed by atoms with Gasteiger partial charge in [0, 0.05) is 29.7 Å². The molecule has 1 heterocycles. The molecule has 0 amide bonds. The lowest BCUT2D eigenvalue weighted by Gasteiger charge is -2.31. The summed E-state index contributed by atoms with van der Waals surface area (Å²) in [5.41, 5.74) is 0.777. The molecule has 0 fully saturated rings. The maximum Gasteiger partial charge on any atom is 0.200 e. The summed E-state index contributed by atoms with van der Waals surface area (Å²) in [6.45, 7) is 0. The number of phenolic OH excluding ortho intramolecular Hbond substituents is 4. The Balaban J connectivity index is 2.03. The summed E-state index contributed by atoms with van der Waals surface area (Å²) in [4.78, 5) is 0. The summed E-state index contributed by atoms with van der Waals surface area (Å²) < 4.78 is 10.6. The molecule has 122 valence electrons. The van der Waals surface area contributed by atoms with Gasteiger partial charge < -0.3 is 35.0 Å². The van der Waals surface area contributed by atoms with Crippen molar-refractivity contribution >= 4 is 0 Å². The van der Waals surface area contributed by atoms with E-state index in [9.17, 15) is 25.5 Å². The van der Waals surface area contributed by atoms with Crippen LogP contribution >= 0.6 is 0 Å². The zero-order valence-electron chi connectivity index (χ0n) is 12.2. The number of ether oxygens (including phenoxy) is 2. The van der Waals surface area contributed by atoms with Crippen LogP contribution in [0.15, 0.2) is 24.3 Å². The van der Waals surface area contributed by atoms with Crippen LogP contribution in [0.25, 0.3) is 0 Å². The summed E-state index contributed by atoms with van der Waals surface area (Å²) in [7, 11) is 1.34. The van der Waals surface area contributed by atoms with Crippen molar-refractivity contribution in [2.75, 3.05) is 7.11 Å². The van der Waals surface area contributed by atoms with E-state index in [0.717, 1.165) is 0 Å². The molecular formula is C16H16O7. The van der Waals surface area contributed by atoms with Crippen molar-refractivity contribution in [2.45, 2.75) is 18.6 Å². The molecule has 0 saturated heterocycles. The Bertz CT molecular complexity index is 757. The monoisotopic (exact) mass is 320 g/mol. The lowest BCUT2D eigenvalue weighted by atomic mass is 9.93. The number of rotatable bonds is 2. The van der Waals surface area contributed by atoms with Gasteiger partial charge in [0.1, 0.15) is 17.2 Å². The SMILES string of the molecule is COc1cc(C2Oc3cc(O)cc(O)c3CC2O)cc(O)c1O. The minimum Gasteiger partial charge on any atom is -0.508 e. The standard InChI is InChI=1S/C16H16O7/c1-22-14-3-7(2-11(19)15(14)21)16-12(20)6-9-10(18)4-8(17)5-13(9)23-16/h2-5,12,16-21H,6H2,1H3. The van der Waals surface area contributed by atoms with Gasteiger partial charge in [0.05, 0.1) is 13.2 Å². The third-order valence-electron chi connectivity index (χ3n) is 3.81. The number of fused-ring (bicyclic) bond motifs is 1. The molecule has 1 aliphatic heterocycles. The van der Waals surface area contributed by atoms with E-state index in [4.69, 9.17) is 9.47 Å². The largest absolute Gasteiger partial charge is 0.508 e. The summed E-state index contributed by atoms with van der Waals surface area (Å²) in [6, 6.07) is 5.21. The highest BCUT2D eigenvalue weighted by atomic mass is 16.5. The number of hydrogen-bond acceptors (Lipinski definition) is 7. The predicted molar refractivity (Wildman–Crippen MR) is 79.2 cm³/mol. The Morgan fingerprint density at radius 1 is 1.04 bits per heavy atom. The zero-order valence-corrected chi connectivity index (χ0v) is 12.2. The second-order valence-corrected chi connectivity index (χ2v) is 5.34. The minimum absolute atomic E-state index is 0.0420. The van der Waals surface area contributed by atoms with E-state index >= 15 is 0 Å². The van der Waals surface area contributed by atoms with Crippen LogP contribution in [0.3, 0.4) is 0 Å². The van der Waals surface area contributed by atoms with Gasteiger partial charge in [-0.05, 0) is 12.1 Å². The van der Waals surface area contributed by atoms with E-state index in [-0.39, 0.29) is 29.4 Å². The van der Waals surface area contributed by atoms with Crippen LogP contribution in [-0.4, -0.2) is 38.7 Å². The van der Waals surface area contributed by atoms with Crippen molar-refractivity contribution in [3.05, 3.63) is 35.4 Å². The Morgan fingerprint density at radius 2 is 1.78 bits per heavy atom. The number of aromatic hydroxyl groups is 4. The third kappa shape index (κ3) is 2.55. The molecule has 5 N–H and O–H groups in total. The molecule has 7 heteroatoms. The Morgan fingerprint density at radius 3 is 2.48 bits per heavy atom. The number of aliphatic hydroxyl groups is 1. The molecule has 0 saturated carbocycles. The van der Waals surface area contributed by atoms with Gasteiger partial charge in [0.2, 0.25) is 5.75 Å². The number of aliphatic hydroxyl groups excluding tert-OH is 1. The number of methoxy groups -OCH3 is 1. The maximum absolute atomic E-state index is 10.3. The van der Waals surface area contributed by atoms with Crippen LogP contribution in [-0.2, 0) is 6.42 Å². The Kier molecular flexibility index (Phi) is 3.57. The van der Waals surface area contributed by atoms with Gasteiger partial charge in [-0.15, -0.1) is 0 Å². The van der Waals surface area contributed by atoms with Crippen molar-refractivity contribution in [1.82, 2.24) is 0 Å². The molecule has 0 aliphatic carbocycles. The van der Waals surface area contributed by atoms with E-state index in [2.05, 4.69) is 0 Å². The molecule has 1 aliphatic rings. The Hall–Kier alpha value is -2.80. The van der Waals surface area contributed by atoms with Crippen LogP contribution in [0.2, 0.25) is 0 Å². The fourth-order valence-electron chi connectivity index (χ4n) is 2.68. The van der Waals surface area contributed by atoms with Crippen molar-refractivity contribution in [3.8, 4) is 34.5 Å². The predicted octanol–water partition coefficient (Wildman–Crippen LogP) is 1.55. The first-order chi connectivity index (χ1) is 10.9. The summed E-state index contributed by atoms with van der Waals surface area (Å²) in [5, 5.41) is 49.1. The van der Waals surface area contributed by atoms with Gasteiger partial charge >= 0.3 is 0 Å². The molecule has 0 radical (unpaired) electrons. The van der Waals surface area contributed by atoms with Crippen LogP contribution in [0.1, 0.15) is 17.2 Å². The molecule has 2 atom stereocenters. The highest BCUT2D eigenvalue weighted by molar-refractivity contribution is 5.54. The van der Waals surface area contributed by atoms with Crippen molar-refractivity contribution < 1.29 is 35.0 Å². The fourth-order valence-corrected chi connectivity index (χ4v) is 2.68. The lowest BCUT2D eigenvalue weighted by molar-refractivity contribution is 0.0196. The van der Waals surface area contributed by atoms with Gasteiger partial charge in [-0.3, -0.25) is 0 Å². The van der Waals surface area contributed by atoms with E-state index in [1.54, 1.807) is 0 Å². The average molecular weight is 320 g/mol. The third-order valence-corrected chi connectivity index (χ3v) is 3.81. The molecule has 0 aromatic heterocycles. The lowest BCUT2D eigenvalue weighted by Crippen LogP contribution is -2.30. The van der Waals surface area contributed by atoms with Crippen molar-refractivity contribution in [3.63, 3.8) is 0 Å². The molecule has 7 nitrogen and oxygen atoms in total. The number of benzene rings is 2. The molecule has 3 rings (SSSR count). The molecule has 2 aromatic rings. The van der Waals surface area contributed by atoms with E-state index in [1.165, 1.54) is 31.4 Å². The first-order valence-corrected chi connectivity index (χ1v) is 6.90. The van der Waals surface area contributed by atoms with Crippen LogP contribution in [0.5, 0.6) is 34.5 Å². The zero-order chi connectivity index (χ0) is 16.7. The molecule has 23 heavy (non-hydrogen) atoms. The number of hydrogen-bond donors (Lipinski definition) is 5. The summed E-state index contributed by atoms with van der Waals surface area (Å²) >= 11 is 0. The Labute approximate surface area is 131 Å². The van der Waals surface area contributed by atoms with Gasteiger partial charge in [0.15, 0.2) is 17.6 Å². The molecule has 2 unspecified atom stereocenters. The average Bonchev–Trinajstić information content (AvgIpc) is 2.50. The minimum atomic E-state index is -0.994. The topological polar surface area (TPSA) is 120 Å². The van der Waals surface area contributed by atoms with Gasteiger partial charge in [-0.1, -0.05) is 0 Å². The molecule has 0 bridgehead atoms. The van der Waals surface area contributed by atoms with E-state index < -0.39 is 23.7 Å². The van der Waals surface area contributed by atoms with Crippen molar-refractivity contribution in [1.29, 1.82) is 0 Å². The summed E-state index contributed by atoms with van der Waals surface area (Å²) in [6.07, 6.45) is -1.74. The van der Waals surface area contributed by atoms with Crippen molar-refractivity contribution in [2.24, 2.45) is 0 Å². The quantitative estimate of drug-likeness (QED) is 0.533. The fraction of sp³-hybridized carbons (Fsp3) is 0.250. The summed E-state index contributed by atoms with van der Waals surface area (Å²) in [5.74, 6) is -0.854.